The molecule has 1 heterocycles. The maximum Gasteiger partial charge on any atom is 0.344 e. The first kappa shape index (κ1) is 14.4. The number of carbonyl (C=O) groups excluding carboxylic acids is 2. The van der Waals surface area contributed by atoms with Crippen molar-refractivity contribution in [2.75, 3.05) is 12.3 Å². The van der Waals surface area contributed by atoms with Crippen molar-refractivity contribution in [2.24, 2.45) is 0 Å². The molecule has 7 heteroatoms. The topological polar surface area (TPSA) is 99.2 Å². The largest absolute Gasteiger partial charge is 0.462 e. The van der Waals surface area contributed by atoms with Crippen molar-refractivity contribution < 1.29 is 14.3 Å². The van der Waals surface area contributed by atoms with Gasteiger partial charge in [0.05, 0.1) is 12.8 Å². The lowest BCUT2D eigenvalue weighted by Gasteiger charge is -2.22. The molecule has 3 N–H and O–H groups in total. The molecule has 0 aliphatic heterocycles. The van der Waals surface area contributed by atoms with Crippen molar-refractivity contribution in [3.05, 3.63) is 11.8 Å². The predicted molar refractivity (Wildman–Crippen MR) is 73.4 cm³/mol. The van der Waals surface area contributed by atoms with E-state index in [-0.39, 0.29) is 24.0 Å². The highest BCUT2D eigenvalue weighted by Crippen LogP contribution is 2.18. The van der Waals surface area contributed by atoms with Crippen LogP contribution in [0.5, 0.6) is 0 Å². The molecular weight excluding hydrogens is 260 g/mol. The predicted octanol–water partition coefficient (Wildman–Crippen LogP) is 1.53. The molecule has 2 rings (SSSR count). The highest BCUT2D eigenvalue weighted by Gasteiger charge is 2.22. The third kappa shape index (κ3) is 3.09. The van der Waals surface area contributed by atoms with Gasteiger partial charge in [0.1, 0.15) is 11.4 Å². The SMILES string of the molecule is CCOC(=O)c1cnn(C(=O)NC2CCCCC2)c1N. The number of carbonyl (C=O) groups is 2. The van der Waals surface area contributed by atoms with E-state index in [0.717, 1.165) is 30.4 Å². The minimum atomic E-state index is -0.568. The molecule has 1 aromatic heterocycles. The van der Waals surface area contributed by atoms with Crippen LogP contribution in [-0.2, 0) is 4.74 Å². The summed E-state index contributed by atoms with van der Waals surface area (Å²) in [4.78, 5) is 23.7. The standard InChI is InChI=1S/C13H20N4O3/c1-2-20-12(18)10-8-15-17(11(10)14)13(19)16-9-6-4-3-5-7-9/h8-9H,2-7,14H2,1H3,(H,16,19). The molecule has 1 aliphatic carbocycles. The smallest absolute Gasteiger partial charge is 0.344 e. The molecule has 110 valence electrons. The van der Waals surface area contributed by atoms with E-state index >= 15 is 0 Å². The molecule has 0 saturated heterocycles. The van der Waals surface area contributed by atoms with Crippen molar-refractivity contribution >= 4 is 17.8 Å². The highest BCUT2D eigenvalue weighted by atomic mass is 16.5. The van der Waals surface area contributed by atoms with E-state index < -0.39 is 12.0 Å². The molecule has 0 unspecified atom stereocenters. The maximum absolute atomic E-state index is 12.1. The second kappa shape index (κ2) is 6.40. The molecule has 1 saturated carbocycles. The lowest BCUT2D eigenvalue weighted by Crippen LogP contribution is -2.39. The second-order valence-corrected chi connectivity index (χ2v) is 4.86. The number of nitrogens with one attached hydrogen (secondary N) is 1. The number of nitrogens with zero attached hydrogens (tertiary/aromatic N) is 2. The Morgan fingerprint density at radius 3 is 2.80 bits per heavy atom. The first-order valence-corrected chi connectivity index (χ1v) is 6.95. The van der Waals surface area contributed by atoms with Crippen LogP contribution in [0.3, 0.4) is 0 Å². The number of esters is 1. The summed E-state index contributed by atoms with van der Waals surface area (Å²) in [5.74, 6) is -0.557. The van der Waals surface area contributed by atoms with Crippen LogP contribution < -0.4 is 11.1 Å². The number of anilines is 1. The van der Waals surface area contributed by atoms with Gasteiger partial charge in [-0.25, -0.2) is 9.59 Å². The van der Waals surface area contributed by atoms with Crippen LogP contribution >= 0.6 is 0 Å². The van der Waals surface area contributed by atoms with E-state index in [1.54, 1.807) is 6.92 Å². The van der Waals surface area contributed by atoms with E-state index in [1.807, 2.05) is 0 Å². The zero-order valence-electron chi connectivity index (χ0n) is 11.6. The van der Waals surface area contributed by atoms with Gasteiger partial charge in [-0.3, -0.25) is 0 Å². The second-order valence-electron chi connectivity index (χ2n) is 4.86. The first-order valence-electron chi connectivity index (χ1n) is 6.95. The summed E-state index contributed by atoms with van der Waals surface area (Å²) in [6.07, 6.45) is 6.65. The van der Waals surface area contributed by atoms with Crippen molar-refractivity contribution in [3.8, 4) is 0 Å². The summed E-state index contributed by atoms with van der Waals surface area (Å²) in [5, 5.41) is 6.75. The van der Waals surface area contributed by atoms with Gasteiger partial charge in [0.2, 0.25) is 0 Å². The van der Waals surface area contributed by atoms with Crippen molar-refractivity contribution in [2.45, 2.75) is 45.1 Å². The number of amides is 1. The Balaban J connectivity index is 2.04. The zero-order chi connectivity index (χ0) is 14.5. The summed E-state index contributed by atoms with van der Waals surface area (Å²) in [6, 6.07) is -0.240. The van der Waals surface area contributed by atoms with Crippen LogP contribution in [0.4, 0.5) is 10.6 Å². The van der Waals surface area contributed by atoms with Crippen LogP contribution in [0.1, 0.15) is 49.4 Å². The molecule has 20 heavy (non-hydrogen) atoms. The quantitative estimate of drug-likeness (QED) is 0.818. The number of aromatic nitrogens is 2. The van der Waals surface area contributed by atoms with Crippen LogP contribution in [0, 0.1) is 0 Å². The van der Waals surface area contributed by atoms with Gasteiger partial charge < -0.3 is 15.8 Å². The van der Waals surface area contributed by atoms with E-state index in [1.165, 1.54) is 12.6 Å². The van der Waals surface area contributed by atoms with Crippen molar-refractivity contribution in [1.29, 1.82) is 0 Å². The summed E-state index contributed by atoms with van der Waals surface area (Å²) < 4.78 is 5.86. The van der Waals surface area contributed by atoms with Gasteiger partial charge in [0.15, 0.2) is 0 Å². The number of ether oxygens (including phenoxy) is 1. The van der Waals surface area contributed by atoms with Crippen molar-refractivity contribution in [1.82, 2.24) is 15.1 Å². The van der Waals surface area contributed by atoms with Gasteiger partial charge >= 0.3 is 12.0 Å². The van der Waals surface area contributed by atoms with Gasteiger partial charge in [-0.2, -0.15) is 9.78 Å². The molecular formula is C13H20N4O3. The van der Waals surface area contributed by atoms with Gasteiger partial charge in [-0.15, -0.1) is 0 Å². The minimum absolute atomic E-state index is 0.0109. The van der Waals surface area contributed by atoms with E-state index in [9.17, 15) is 9.59 Å². The lowest BCUT2D eigenvalue weighted by atomic mass is 9.96. The Labute approximate surface area is 117 Å². The van der Waals surface area contributed by atoms with Crippen LogP contribution in [0.25, 0.3) is 0 Å². The fourth-order valence-corrected chi connectivity index (χ4v) is 2.37. The third-order valence-corrected chi connectivity index (χ3v) is 3.43. The molecule has 0 spiro atoms. The van der Waals surface area contributed by atoms with Crippen LogP contribution in [-0.4, -0.2) is 34.4 Å². The number of nitrogen functional groups attached to an aromatic ring is 1. The Morgan fingerprint density at radius 2 is 2.15 bits per heavy atom. The van der Waals surface area contributed by atoms with E-state index in [4.69, 9.17) is 10.5 Å². The van der Waals surface area contributed by atoms with Gasteiger partial charge in [0.25, 0.3) is 0 Å². The Bertz CT molecular complexity index is 492. The summed E-state index contributed by atoms with van der Waals surface area (Å²) >= 11 is 0. The molecule has 0 radical (unpaired) electrons. The monoisotopic (exact) mass is 280 g/mol. The molecule has 1 fully saturated rings. The molecule has 1 amide bonds. The normalized spacial score (nSPS) is 15.8. The third-order valence-electron chi connectivity index (χ3n) is 3.43. The van der Waals surface area contributed by atoms with E-state index in [0.29, 0.717) is 0 Å². The number of hydrogen-bond acceptors (Lipinski definition) is 5. The summed E-state index contributed by atoms with van der Waals surface area (Å²) in [7, 11) is 0. The number of nitrogens with two attached hydrogens (primary N) is 1. The molecule has 0 bridgehead atoms. The van der Waals surface area contributed by atoms with Crippen LogP contribution in [0.2, 0.25) is 0 Å². The first-order chi connectivity index (χ1) is 9.63. The average Bonchev–Trinajstić information content (AvgIpc) is 2.82. The molecule has 0 aromatic carbocycles. The lowest BCUT2D eigenvalue weighted by molar-refractivity contribution is 0.0527. The highest BCUT2D eigenvalue weighted by molar-refractivity contribution is 5.96. The molecule has 1 aromatic rings. The molecule has 1 aliphatic rings. The molecule has 0 atom stereocenters. The minimum Gasteiger partial charge on any atom is -0.462 e. The Hall–Kier alpha value is -2.05. The fraction of sp³-hybridized carbons (Fsp3) is 0.615. The van der Waals surface area contributed by atoms with Crippen LogP contribution in [0.15, 0.2) is 6.20 Å². The molecule has 7 nitrogen and oxygen atoms in total. The fourth-order valence-electron chi connectivity index (χ4n) is 2.37. The van der Waals surface area contributed by atoms with E-state index in [2.05, 4.69) is 10.4 Å². The maximum atomic E-state index is 12.1. The number of rotatable bonds is 3. The zero-order valence-corrected chi connectivity index (χ0v) is 11.6. The Kier molecular flexibility index (Phi) is 4.60. The Morgan fingerprint density at radius 1 is 1.45 bits per heavy atom. The van der Waals surface area contributed by atoms with Gasteiger partial charge in [0, 0.05) is 6.04 Å². The summed E-state index contributed by atoms with van der Waals surface area (Å²) in [5.41, 5.74) is 5.90. The summed E-state index contributed by atoms with van der Waals surface area (Å²) in [6.45, 7) is 1.95. The average molecular weight is 280 g/mol. The van der Waals surface area contributed by atoms with Gasteiger partial charge in [-0.1, -0.05) is 19.3 Å². The number of hydrogen-bond donors (Lipinski definition) is 2. The van der Waals surface area contributed by atoms with Gasteiger partial charge in [-0.05, 0) is 19.8 Å². The van der Waals surface area contributed by atoms with Crippen molar-refractivity contribution in [3.63, 3.8) is 0 Å².